The molecule has 2 aromatic carbocycles. The monoisotopic (exact) mass is 430 g/mol. The lowest BCUT2D eigenvalue weighted by atomic mass is 10.0. The van der Waals surface area contributed by atoms with Gasteiger partial charge in [0.2, 0.25) is 5.91 Å². The molecule has 0 unspecified atom stereocenters. The third-order valence-electron chi connectivity index (χ3n) is 5.47. The highest BCUT2D eigenvalue weighted by molar-refractivity contribution is 6.01. The zero-order chi connectivity index (χ0) is 22.3. The number of methoxy groups -OCH3 is 1. The molecule has 2 heterocycles. The maximum Gasteiger partial charge on any atom is 0.257 e. The van der Waals surface area contributed by atoms with Gasteiger partial charge in [0.15, 0.2) is 0 Å². The average Bonchev–Trinajstić information content (AvgIpc) is 2.85. The molecule has 32 heavy (non-hydrogen) atoms. The molecule has 0 saturated carbocycles. The second-order valence-corrected chi connectivity index (χ2v) is 7.61. The van der Waals surface area contributed by atoms with Crippen molar-refractivity contribution >= 4 is 17.5 Å². The molecule has 2 amide bonds. The Morgan fingerprint density at radius 2 is 1.94 bits per heavy atom. The summed E-state index contributed by atoms with van der Waals surface area (Å²) in [5.41, 5.74) is 3.35. The number of pyridine rings is 1. The molecule has 1 atom stereocenters. The Balaban J connectivity index is 1.43. The fourth-order valence-electron chi connectivity index (χ4n) is 3.77. The molecule has 2 N–H and O–H groups in total. The van der Waals surface area contributed by atoms with Gasteiger partial charge in [0, 0.05) is 37.6 Å². The highest BCUT2D eigenvalue weighted by Gasteiger charge is 2.32. The number of ether oxygens (including phenoxy) is 1. The highest BCUT2D eigenvalue weighted by atomic mass is 16.5. The van der Waals surface area contributed by atoms with Gasteiger partial charge in [-0.15, -0.1) is 0 Å². The molecule has 7 heteroatoms. The minimum Gasteiger partial charge on any atom is -0.497 e. The molecule has 0 saturated heterocycles. The van der Waals surface area contributed by atoms with Crippen LogP contribution in [0.1, 0.15) is 40.5 Å². The predicted molar refractivity (Wildman–Crippen MR) is 122 cm³/mol. The Morgan fingerprint density at radius 1 is 1.12 bits per heavy atom. The summed E-state index contributed by atoms with van der Waals surface area (Å²) in [6.45, 7) is 0.899. The minimum absolute atomic E-state index is 0.0454. The number of hydrogen-bond donors (Lipinski definition) is 2. The van der Waals surface area contributed by atoms with E-state index in [2.05, 4.69) is 15.6 Å². The van der Waals surface area contributed by atoms with Crippen molar-refractivity contribution < 1.29 is 14.3 Å². The number of para-hydroxylation sites is 1. The van der Waals surface area contributed by atoms with Crippen molar-refractivity contribution in [2.24, 2.45) is 0 Å². The van der Waals surface area contributed by atoms with Crippen LogP contribution in [0.5, 0.6) is 5.75 Å². The molecular formula is C25H26N4O3. The molecule has 164 valence electrons. The Kier molecular flexibility index (Phi) is 6.65. The number of benzene rings is 2. The van der Waals surface area contributed by atoms with E-state index >= 15 is 0 Å². The van der Waals surface area contributed by atoms with Crippen molar-refractivity contribution in [1.29, 1.82) is 0 Å². The molecule has 0 spiro atoms. The van der Waals surface area contributed by atoms with E-state index < -0.39 is 0 Å². The number of aromatic nitrogens is 1. The van der Waals surface area contributed by atoms with Crippen LogP contribution in [0.2, 0.25) is 0 Å². The van der Waals surface area contributed by atoms with E-state index in [0.29, 0.717) is 31.5 Å². The van der Waals surface area contributed by atoms with E-state index in [1.165, 1.54) is 0 Å². The minimum atomic E-state index is -0.318. The molecule has 4 rings (SSSR count). The standard InChI is InChI=1S/C25H26N4O3/c1-32-20-12-10-19(11-13-20)24-28-22-8-3-2-7-21(22)25(31)29(24)15-5-9-23(30)27-17-18-6-4-14-26-16-18/h2-4,6-8,10-14,16,24,28H,5,9,15,17H2,1H3,(H,27,30)/t24-/m0/s1. The van der Waals surface area contributed by atoms with Gasteiger partial charge in [-0.25, -0.2) is 0 Å². The van der Waals surface area contributed by atoms with Crippen molar-refractivity contribution in [3.63, 3.8) is 0 Å². The summed E-state index contributed by atoms with van der Waals surface area (Å²) in [7, 11) is 1.62. The Labute approximate surface area is 187 Å². The highest BCUT2D eigenvalue weighted by Crippen LogP contribution is 2.33. The molecule has 0 fully saturated rings. The van der Waals surface area contributed by atoms with Gasteiger partial charge in [-0.3, -0.25) is 14.6 Å². The first-order chi connectivity index (χ1) is 15.7. The van der Waals surface area contributed by atoms with Crippen LogP contribution >= 0.6 is 0 Å². The number of carbonyl (C=O) groups is 2. The van der Waals surface area contributed by atoms with Gasteiger partial charge in [0.1, 0.15) is 11.9 Å². The molecule has 1 aliphatic rings. The molecule has 0 aliphatic carbocycles. The average molecular weight is 431 g/mol. The van der Waals surface area contributed by atoms with Crippen molar-refractivity contribution in [1.82, 2.24) is 15.2 Å². The maximum absolute atomic E-state index is 13.3. The Morgan fingerprint density at radius 3 is 2.69 bits per heavy atom. The Bertz CT molecular complexity index is 1070. The van der Waals surface area contributed by atoms with Crippen LogP contribution in [0.15, 0.2) is 73.1 Å². The van der Waals surface area contributed by atoms with Crippen LogP contribution < -0.4 is 15.4 Å². The SMILES string of the molecule is COc1ccc([C@H]2Nc3ccccc3C(=O)N2CCCC(=O)NCc2cccnc2)cc1. The first-order valence-corrected chi connectivity index (χ1v) is 10.6. The van der Waals surface area contributed by atoms with Gasteiger partial charge < -0.3 is 20.3 Å². The molecule has 1 aromatic heterocycles. The van der Waals surface area contributed by atoms with Crippen LogP contribution in [0, 0.1) is 0 Å². The van der Waals surface area contributed by atoms with E-state index in [4.69, 9.17) is 4.74 Å². The van der Waals surface area contributed by atoms with Gasteiger partial charge in [-0.1, -0.05) is 30.3 Å². The molecule has 7 nitrogen and oxygen atoms in total. The lowest BCUT2D eigenvalue weighted by Crippen LogP contribution is -2.43. The lowest BCUT2D eigenvalue weighted by molar-refractivity contribution is -0.121. The number of hydrogen-bond acceptors (Lipinski definition) is 5. The first-order valence-electron chi connectivity index (χ1n) is 10.6. The summed E-state index contributed by atoms with van der Waals surface area (Å²) in [5.74, 6) is 0.664. The third kappa shape index (κ3) is 4.88. The van der Waals surface area contributed by atoms with Crippen molar-refractivity contribution in [2.45, 2.75) is 25.6 Å². The zero-order valence-corrected chi connectivity index (χ0v) is 18.0. The second kappa shape index (κ2) is 9.96. The molecule has 1 aliphatic heterocycles. The van der Waals surface area contributed by atoms with E-state index in [9.17, 15) is 9.59 Å². The predicted octanol–water partition coefficient (Wildman–Crippen LogP) is 3.75. The Hall–Kier alpha value is -3.87. The summed E-state index contributed by atoms with van der Waals surface area (Å²) in [5, 5.41) is 6.38. The summed E-state index contributed by atoms with van der Waals surface area (Å²) >= 11 is 0. The van der Waals surface area contributed by atoms with E-state index in [1.54, 1.807) is 24.4 Å². The van der Waals surface area contributed by atoms with Crippen LogP contribution in [-0.2, 0) is 11.3 Å². The van der Waals surface area contributed by atoms with E-state index in [0.717, 1.165) is 22.6 Å². The smallest absolute Gasteiger partial charge is 0.257 e. The molecule has 3 aromatic rings. The van der Waals surface area contributed by atoms with E-state index in [-0.39, 0.29) is 18.0 Å². The molecule has 0 radical (unpaired) electrons. The molecular weight excluding hydrogens is 404 g/mol. The maximum atomic E-state index is 13.3. The first kappa shape index (κ1) is 21.4. The van der Waals surface area contributed by atoms with Gasteiger partial charge >= 0.3 is 0 Å². The zero-order valence-electron chi connectivity index (χ0n) is 18.0. The number of rotatable bonds is 8. The number of anilines is 1. The van der Waals surface area contributed by atoms with Gasteiger partial charge in [0.25, 0.3) is 5.91 Å². The van der Waals surface area contributed by atoms with Gasteiger partial charge in [0.05, 0.1) is 12.7 Å². The molecule has 0 bridgehead atoms. The van der Waals surface area contributed by atoms with Gasteiger partial charge in [-0.2, -0.15) is 0 Å². The topological polar surface area (TPSA) is 83.6 Å². The number of carbonyl (C=O) groups excluding carboxylic acids is 2. The summed E-state index contributed by atoms with van der Waals surface area (Å²) in [6, 6.07) is 18.9. The quantitative estimate of drug-likeness (QED) is 0.569. The lowest BCUT2D eigenvalue weighted by Gasteiger charge is -2.38. The fraction of sp³-hybridized carbons (Fsp3) is 0.240. The van der Waals surface area contributed by atoms with Crippen LogP contribution in [0.25, 0.3) is 0 Å². The summed E-state index contributed by atoms with van der Waals surface area (Å²) in [6.07, 6.45) is 4.01. The normalized spacial score (nSPS) is 15.0. The van der Waals surface area contributed by atoms with Crippen LogP contribution in [-0.4, -0.2) is 35.4 Å². The van der Waals surface area contributed by atoms with E-state index in [1.807, 2.05) is 60.7 Å². The van der Waals surface area contributed by atoms with Crippen LogP contribution in [0.3, 0.4) is 0 Å². The number of nitrogens with one attached hydrogen (secondary N) is 2. The number of nitrogens with zero attached hydrogens (tertiary/aromatic N) is 2. The third-order valence-corrected chi connectivity index (χ3v) is 5.47. The summed E-state index contributed by atoms with van der Waals surface area (Å²) in [4.78, 5) is 31.4. The largest absolute Gasteiger partial charge is 0.497 e. The van der Waals surface area contributed by atoms with Crippen molar-refractivity contribution in [2.75, 3.05) is 19.0 Å². The summed E-state index contributed by atoms with van der Waals surface area (Å²) < 4.78 is 5.26. The number of amides is 2. The fourth-order valence-corrected chi connectivity index (χ4v) is 3.77. The van der Waals surface area contributed by atoms with Crippen molar-refractivity contribution in [3.05, 3.63) is 89.7 Å². The number of fused-ring (bicyclic) bond motifs is 1. The van der Waals surface area contributed by atoms with Crippen LogP contribution in [0.4, 0.5) is 5.69 Å². The van der Waals surface area contributed by atoms with Gasteiger partial charge in [-0.05, 0) is 47.9 Å². The second-order valence-electron chi connectivity index (χ2n) is 7.61. The van der Waals surface area contributed by atoms with Crippen molar-refractivity contribution in [3.8, 4) is 5.75 Å².